The maximum atomic E-state index is 11.5. The number of carboxylic acids is 1. The van der Waals surface area contributed by atoms with Crippen molar-refractivity contribution in [3.8, 4) is 5.69 Å². The Bertz CT molecular complexity index is 879. The van der Waals surface area contributed by atoms with E-state index >= 15 is 0 Å². The highest BCUT2D eigenvalue weighted by Gasteiger charge is 2.21. The average Bonchev–Trinajstić information content (AvgIpc) is 3.00. The summed E-state index contributed by atoms with van der Waals surface area (Å²) in [5.74, 6) is -0.748. The molecule has 0 radical (unpaired) electrons. The molecular formula is C16H15N5O2S. The summed E-state index contributed by atoms with van der Waals surface area (Å²) in [6, 6.07) is 7.67. The fourth-order valence-electron chi connectivity index (χ4n) is 2.23. The number of thioether (sulfide) groups is 1. The zero-order valence-corrected chi connectivity index (χ0v) is 14.0. The molecular weight excluding hydrogens is 326 g/mol. The van der Waals surface area contributed by atoms with Crippen LogP contribution in [0.4, 0.5) is 0 Å². The van der Waals surface area contributed by atoms with Crippen LogP contribution in [0, 0.1) is 13.8 Å². The van der Waals surface area contributed by atoms with E-state index in [0.717, 1.165) is 16.8 Å². The number of hydrogen-bond acceptors (Lipinski definition) is 6. The van der Waals surface area contributed by atoms with Gasteiger partial charge in [0.15, 0.2) is 10.9 Å². The van der Waals surface area contributed by atoms with E-state index < -0.39 is 5.97 Å². The Balaban J connectivity index is 2.01. The van der Waals surface area contributed by atoms with Crippen LogP contribution in [0.3, 0.4) is 0 Å². The van der Waals surface area contributed by atoms with E-state index in [1.165, 1.54) is 11.8 Å². The van der Waals surface area contributed by atoms with Crippen LogP contribution in [0.5, 0.6) is 0 Å². The second-order valence-corrected chi connectivity index (χ2v) is 6.15. The van der Waals surface area contributed by atoms with Gasteiger partial charge >= 0.3 is 5.97 Å². The molecule has 7 nitrogen and oxygen atoms in total. The van der Waals surface area contributed by atoms with Crippen LogP contribution in [0.25, 0.3) is 5.69 Å². The molecule has 24 heavy (non-hydrogen) atoms. The van der Waals surface area contributed by atoms with Crippen molar-refractivity contribution in [2.75, 3.05) is 0 Å². The predicted molar refractivity (Wildman–Crippen MR) is 89.4 cm³/mol. The van der Waals surface area contributed by atoms with Crippen molar-refractivity contribution in [3.63, 3.8) is 0 Å². The summed E-state index contributed by atoms with van der Waals surface area (Å²) in [6.45, 7) is 3.93. The number of benzene rings is 1. The summed E-state index contributed by atoms with van der Waals surface area (Å²) in [4.78, 5) is 19.8. The molecule has 0 aliphatic rings. The van der Waals surface area contributed by atoms with Crippen molar-refractivity contribution in [2.24, 2.45) is 0 Å². The Kier molecular flexibility index (Phi) is 4.57. The van der Waals surface area contributed by atoms with Crippen LogP contribution in [-0.4, -0.2) is 36.0 Å². The van der Waals surface area contributed by atoms with Gasteiger partial charge < -0.3 is 5.11 Å². The number of aromatic nitrogens is 5. The van der Waals surface area contributed by atoms with Gasteiger partial charge in [-0.2, -0.15) is 0 Å². The van der Waals surface area contributed by atoms with Crippen LogP contribution in [0.2, 0.25) is 0 Å². The van der Waals surface area contributed by atoms with Gasteiger partial charge in [-0.25, -0.2) is 19.4 Å². The Morgan fingerprint density at radius 2 is 2.00 bits per heavy atom. The van der Waals surface area contributed by atoms with Gasteiger partial charge in [0.25, 0.3) is 0 Å². The van der Waals surface area contributed by atoms with Gasteiger partial charge in [0.05, 0.1) is 11.4 Å². The molecule has 1 aromatic carbocycles. The molecule has 0 amide bonds. The second-order valence-electron chi connectivity index (χ2n) is 5.21. The highest BCUT2D eigenvalue weighted by Crippen LogP contribution is 2.24. The van der Waals surface area contributed by atoms with E-state index in [-0.39, 0.29) is 5.69 Å². The molecule has 0 aliphatic heterocycles. The fourth-order valence-corrected chi connectivity index (χ4v) is 3.03. The third-order valence-electron chi connectivity index (χ3n) is 3.44. The molecule has 122 valence electrons. The summed E-state index contributed by atoms with van der Waals surface area (Å²) in [5, 5.41) is 17.9. The molecule has 3 rings (SSSR count). The quantitative estimate of drug-likeness (QED) is 0.563. The van der Waals surface area contributed by atoms with Crippen molar-refractivity contribution in [1.82, 2.24) is 25.0 Å². The molecule has 0 saturated heterocycles. The zero-order valence-electron chi connectivity index (χ0n) is 13.2. The lowest BCUT2D eigenvalue weighted by atomic mass is 10.1. The van der Waals surface area contributed by atoms with Gasteiger partial charge in [0, 0.05) is 18.1 Å². The highest BCUT2D eigenvalue weighted by molar-refractivity contribution is 7.98. The van der Waals surface area contributed by atoms with Gasteiger partial charge in [-0.3, -0.25) is 0 Å². The number of carboxylic acid groups (broad SMARTS) is 1. The number of aromatic carboxylic acids is 1. The van der Waals surface area contributed by atoms with Crippen LogP contribution >= 0.6 is 11.8 Å². The molecule has 0 unspecified atom stereocenters. The van der Waals surface area contributed by atoms with Gasteiger partial charge in [-0.15, -0.1) is 5.10 Å². The smallest absolute Gasteiger partial charge is 0.358 e. The van der Waals surface area contributed by atoms with Crippen molar-refractivity contribution >= 4 is 17.7 Å². The van der Waals surface area contributed by atoms with Gasteiger partial charge in [-0.1, -0.05) is 29.1 Å². The highest BCUT2D eigenvalue weighted by atomic mass is 32.2. The van der Waals surface area contributed by atoms with E-state index in [1.807, 2.05) is 32.0 Å². The Hall–Kier alpha value is -2.74. The summed E-state index contributed by atoms with van der Waals surface area (Å²) < 4.78 is 1.59. The first-order chi connectivity index (χ1) is 11.6. The van der Waals surface area contributed by atoms with Crippen LogP contribution in [0.15, 0.2) is 41.8 Å². The normalized spacial score (nSPS) is 10.8. The molecule has 0 spiro atoms. The van der Waals surface area contributed by atoms with Gasteiger partial charge in [0.2, 0.25) is 0 Å². The third-order valence-corrected chi connectivity index (χ3v) is 4.33. The largest absolute Gasteiger partial charge is 0.476 e. The zero-order chi connectivity index (χ0) is 17.1. The first-order valence-electron chi connectivity index (χ1n) is 7.21. The molecule has 0 atom stereocenters. The van der Waals surface area contributed by atoms with Gasteiger partial charge in [0.1, 0.15) is 0 Å². The van der Waals surface area contributed by atoms with Crippen molar-refractivity contribution in [3.05, 3.63) is 59.2 Å². The van der Waals surface area contributed by atoms with E-state index in [4.69, 9.17) is 0 Å². The van der Waals surface area contributed by atoms with E-state index in [0.29, 0.717) is 16.6 Å². The Morgan fingerprint density at radius 1 is 1.25 bits per heavy atom. The molecule has 0 aliphatic carbocycles. The predicted octanol–water partition coefficient (Wildman–Crippen LogP) is 2.66. The topological polar surface area (TPSA) is 93.8 Å². The number of aryl methyl sites for hydroxylation is 2. The number of hydrogen-bond donors (Lipinski definition) is 1. The van der Waals surface area contributed by atoms with E-state index in [9.17, 15) is 9.90 Å². The minimum Gasteiger partial charge on any atom is -0.476 e. The lowest BCUT2D eigenvalue weighted by molar-refractivity contribution is 0.0689. The monoisotopic (exact) mass is 341 g/mol. The summed E-state index contributed by atoms with van der Waals surface area (Å²) in [5.41, 5.74) is 3.32. The maximum Gasteiger partial charge on any atom is 0.358 e. The van der Waals surface area contributed by atoms with Crippen LogP contribution < -0.4 is 0 Å². The third kappa shape index (κ3) is 3.28. The van der Waals surface area contributed by atoms with Crippen molar-refractivity contribution in [1.29, 1.82) is 0 Å². The Labute approximate surface area is 142 Å². The lowest BCUT2D eigenvalue weighted by Gasteiger charge is -2.10. The minimum absolute atomic E-state index is 0.0562. The second kappa shape index (κ2) is 6.79. The van der Waals surface area contributed by atoms with Crippen molar-refractivity contribution in [2.45, 2.75) is 24.8 Å². The summed E-state index contributed by atoms with van der Waals surface area (Å²) >= 11 is 1.34. The van der Waals surface area contributed by atoms with Gasteiger partial charge in [-0.05, 0) is 37.1 Å². The molecule has 2 aromatic heterocycles. The molecule has 0 fully saturated rings. The van der Waals surface area contributed by atoms with E-state index in [2.05, 4.69) is 20.3 Å². The summed E-state index contributed by atoms with van der Waals surface area (Å²) in [7, 11) is 0. The van der Waals surface area contributed by atoms with E-state index in [1.54, 1.807) is 23.1 Å². The molecule has 1 N–H and O–H groups in total. The van der Waals surface area contributed by atoms with Crippen LogP contribution in [0.1, 0.15) is 27.3 Å². The maximum absolute atomic E-state index is 11.5. The summed E-state index contributed by atoms with van der Waals surface area (Å²) in [6.07, 6.45) is 3.29. The first-order valence-corrected chi connectivity index (χ1v) is 8.20. The first kappa shape index (κ1) is 16.1. The van der Waals surface area contributed by atoms with Crippen LogP contribution in [-0.2, 0) is 5.75 Å². The molecule has 3 aromatic rings. The Morgan fingerprint density at radius 3 is 2.71 bits per heavy atom. The SMILES string of the molecule is Cc1ccc(C)c(-n2nnc(C(=O)O)c2CSc2ncccn2)c1. The molecule has 0 saturated carbocycles. The molecule has 0 bridgehead atoms. The minimum atomic E-state index is -1.10. The number of rotatable bonds is 5. The fraction of sp³-hybridized carbons (Fsp3) is 0.188. The van der Waals surface area contributed by atoms with Crippen molar-refractivity contribution < 1.29 is 9.90 Å². The number of nitrogens with zero attached hydrogens (tertiary/aromatic N) is 5. The molecule has 2 heterocycles. The lowest BCUT2D eigenvalue weighted by Crippen LogP contribution is -2.07. The standard InChI is InChI=1S/C16H15N5O2S/c1-10-4-5-11(2)12(8-10)21-13(14(15(22)23)19-20-21)9-24-16-17-6-3-7-18-16/h3-8H,9H2,1-2H3,(H,22,23). The number of carbonyl (C=O) groups is 1. The molecule has 8 heteroatoms. The average molecular weight is 341 g/mol.